The predicted octanol–water partition coefficient (Wildman–Crippen LogP) is 7.69. The second-order valence-electron chi connectivity index (χ2n) is 9.72. The van der Waals surface area contributed by atoms with Crippen LogP contribution in [-0.4, -0.2) is 23.0 Å². The number of rotatable bonds is 4. The number of benzene rings is 2. The van der Waals surface area contributed by atoms with Crippen molar-refractivity contribution in [3.05, 3.63) is 66.3 Å². The Balaban J connectivity index is 2.03. The van der Waals surface area contributed by atoms with E-state index in [9.17, 15) is 0 Å². The number of pyridine rings is 1. The highest BCUT2D eigenvalue weighted by atomic mass is 28.3. The quantitative estimate of drug-likeness (QED) is 0.225. The molecule has 3 nitrogen and oxygen atoms in total. The molecule has 0 saturated heterocycles. The van der Waals surface area contributed by atoms with Gasteiger partial charge in [-0.25, -0.2) is 18.7 Å². The van der Waals surface area contributed by atoms with Crippen LogP contribution in [-0.2, 0) is 0 Å². The zero-order valence-corrected chi connectivity index (χ0v) is 21.4. The Morgan fingerprint density at radius 1 is 0.824 bits per heavy atom. The SMILES string of the molecule is CC(C)[Si](C#Cc1c(F)ccc2cccc(-c3ncc4cncnc4c3F)c12)(C(C)C)C(C)C. The van der Waals surface area contributed by atoms with E-state index in [1.807, 2.05) is 12.1 Å². The maximum absolute atomic E-state index is 15.5. The minimum atomic E-state index is -2.10. The molecule has 0 bridgehead atoms. The lowest BCUT2D eigenvalue weighted by molar-refractivity contribution is 0.626. The Morgan fingerprint density at radius 3 is 2.21 bits per heavy atom. The zero-order chi connectivity index (χ0) is 24.6. The van der Waals surface area contributed by atoms with Gasteiger partial charge in [0.1, 0.15) is 31.4 Å². The van der Waals surface area contributed by atoms with E-state index in [-0.39, 0.29) is 11.2 Å². The minimum Gasteiger partial charge on any atom is -0.252 e. The molecule has 0 radical (unpaired) electrons. The number of fused-ring (bicyclic) bond motifs is 2. The molecule has 0 amide bonds. The number of hydrogen-bond acceptors (Lipinski definition) is 3. The summed E-state index contributed by atoms with van der Waals surface area (Å²) in [5.41, 5.74) is 5.98. The van der Waals surface area contributed by atoms with Gasteiger partial charge in [0.15, 0.2) is 5.82 Å². The first-order valence-electron chi connectivity index (χ1n) is 11.7. The van der Waals surface area contributed by atoms with Crippen molar-refractivity contribution in [3.8, 4) is 22.7 Å². The molecule has 2 aromatic heterocycles. The Morgan fingerprint density at radius 2 is 1.53 bits per heavy atom. The van der Waals surface area contributed by atoms with Crippen molar-refractivity contribution < 1.29 is 8.78 Å². The third kappa shape index (κ3) is 3.88. The van der Waals surface area contributed by atoms with E-state index in [2.05, 4.69) is 68.0 Å². The van der Waals surface area contributed by atoms with E-state index < -0.39 is 19.7 Å². The molecule has 0 atom stereocenters. The molecule has 0 aliphatic rings. The fourth-order valence-corrected chi connectivity index (χ4v) is 10.6. The summed E-state index contributed by atoms with van der Waals surface area (Å²) in [4.78, 5) is 12.4. The standard InChI is InChI=1S/C28H29F2N3Si/c1-17(2)34(18(3)4,19(5)6)13-12-22-24(29)11-10-20-8-7-9-23(25(20)22)28-26(30)27-21(15-32-28)14-31-16-33-27/h7-11,14-19H,1-6H3. The Bertz CT molecular complexity index is 1410. The summed E-state index contributed by atoms with van der Waals surface area (Å²) in [7, 11) is -2.10. The predicted molar refractivity (Wildman–Crippen MR) is 138 cm³/mol. The number of hydrogen-bond donors (Lipinski definition) is 0. The molecule has 34 heavy (non-hydrogen) atoms. The smallest absolute Gasteiger partial charge is 0.175 e. The van der Waals surface area contributed by atoms with Gasteiger partial charge in [0.2, 0.25) is 0 Å². The van der Waals surface area contributed by atoms with E-state index in [1.54, 1.807) is 18.3 Å². The van der Waals surface area contributed by atoms with Crippen LogP contribution in [0.1, 0.15) is 47.1 Å². The summed E-state index contributed by atoms with van der Waals surface area (Å²) in [5.74, 6) is 2.31. The van der Waals surface area contributed by atoms with Crippen molar-refractivity contribution >= 4 is 29.7 Å². The molecule has 6 heteroatoms. The summed E-state index contributed by atoms with van der Waals surface area (Å²) in [5, 5.41) is 1.88. The molecule has 4 rings (SSSR count). The number of halogens is 2. The molecule has 2 heterocycles. The van der Waals surface area contributed by atoms with Gasteiger partial charge in [-0.1, -0.05) is 71.7 Å². The van der Waals surface area contributed by atoms with Gasteiger partial charge in [-0.15, -0.1) is 5.54 Å². The van der Waals surface area contributed by atoms with Crippen LogP contribution in [0.5, 0.6) is 0 Å². The summed E-state index contributed by atoms with van der Waals surface area (Å²) in [6.45, 7) is 13.3. The van der Waals surface area contributed by atoms with E-state index in [0.717, 1.165) is 5.39 Å². The van der Waals surface area contributed by atoms with Crippen molar-refractivity contribution in [1.82, 2.24) is 15.0 Å². The maximum atomic E-state index is 15.5. The molecule has 0 saturated carbocycles. The zero-order valence-electron chi connectivity index (χ0n) is 20.4. The molecule has 0 fully saturated rings. The van der Waals surface area contributed by atoms with Crippen molar-refractivity contribution in [2.75, 3.05) is 0 Å². The third-order valence-corrected chi connectivity index (χ3v) is 13.3. The summed E-state index contributed by atoms with van der Waals surface area (Å²) in [6.07, 6.45) is 4.38. The molecular formula is C28H29F2N3Si. The maximum Gasteiger partial charge on any atom is 0.175 e. The van der Waals surface area contributed by atoms with E-state index in [0.29, 0.717) is 38.5 Å². The van der Waals surface area contributed by atoms with Gasteiger partial charge in [-0.05, 0) is 28.1 Å². The molecule has 0 aliphatic carbocycles. The summed E-state index contributed by atoms with van der Waals surface area (Å²) in [6, 6.07) is 8.63. The Kier molecular flexibility index (Phi) is 6.50. The van der Waals surface area contributed by atoms with Gasteiger partial charge in [0.25, 0.3) is 0 Å². The van der Waals surface area contributed by atoms with Gasteiger partial charge < -0.3 is 0 Å². The lowest BCUT2D eigenvalue weighted by atomic mass is 9.96. The summed E-state index contributed by atoms with van der Waals surface area (Å²) < 4.78 is 30.9. The largest absolute Gasteiger partial charge is 0.252 e. The monoisotopic (exact) mass is 473 g/mol. The van der Waals surface area contributed by atoms with Crippen molar-refractivity contribution in [3.63, 3.8) is 0 Å². The van der Waals surface area contributed by atoms with Gasteiger partial charge in [0.05, 0.1) is 5.56 Å². The van der Waals surface area contributed by atoms with Crippen molar-refractivity contribution in [1.29, 1.82) is 0 Å². The molecule has 174 valence electrons. The lowest BCUT2D eigenvalue weighted by Crippen LogP contribution is -2.43. The van der Waals surface area contributed by atoms with Gasteiger partial charge in [-0.3, -0.25) is 4.98 Å². The molecule has 4 aromatic rings. The van der Waals surface area contributed by atoms with Crippen LogP contribution < -0.4 is 0 Å². The first-order chi connectivity index (χ1) is 16.2. The Labute approximate surface area is 200 Å². The van der Waals surface area contributed by atoms with Crippen LogP contribution >= 0.6 is 0 Å². The fourth-order valence-electron chi connectivity index (χ4n) is 5.39. The number of nitrogens with zero attached hydrogens (tertiary/aromatic N) is 3. The van der Waals surface area contributed by atoms with E-state index in [4.69, 9.17) is 0 Å². The molecule has 0 N–H and O–H groups in total. The normalized spacial score (nSPS) is 12.1. The third-order valence-electron chi connectivity index (χ3n) is 7.01. The molecular weight excluding hydrogens is 444 g/mol. The van der Waals surface area contributed by atoms with Gasteiger partial charge in [0, 0.05) is 28.7 Å². The first kappa shape index (κ1) is 24.0. The second kappa shape index (κ2) is 9.23. The van der Waals surface area contributed by atoms with Gasteiger partial charge >= 0.3 is 0 Å². The average molecular weight is 474 g/mol. The first-order valence-corrected chi connectivity index (χ1v) is 13.9. The fraction of sp³-hybridized carbons (Fsp3) is 0.321. The van der Waals surface area contributed by atoms with Crippen molar-refractivity contribution in [2.45, 2.75) is 58.2 Å². The molecule has 2 aromatic carbocycles. The van der Waals surface area contributed by atoms with Crippen LogP contribution in [0.3, 0.4) is 0 Å². The van der Waals surface area contributed by atoms with Crippen LogP contribution in [0.2, 0.25) is 16.6 Å². The van der Waals surface area contributed by atoms with E-state index >= 15 is 8.78 Å². The lowest BCUT2D eigenvalue weighted by Gasteiger charge is -2.38. The number of aromatic nitrogens is 3. The van der Waals surface area contributed by atoms with E-state index in [1.165, 1.54) is 18.6 Å². The second-order valence-corrected chi connectivity index (χ2v) is 15.3. The average Bonchev–Trinajstić information content (AvgIpc) is 2.80. The molecule has 0 unspecified atom stereocenters. The van der Waals surface area contributed by atoms with Crippen LogP contribution in [0.15, 0.2) is 49.1 Å². The molecule has 0 spiro atoms. The van der Waals surface area contributed by atoms with Crippen molar-refractivity contribution in [2.24, 2.45) is 0 Å². The topological polar surface area (TPSA) is 38.7 Å². The Hall–Kier alpha value is -3.17. The van der Waals surface area contributed by atoms with Gasteiger partial charge in [-0.2, -0.15) is 0 Å². The van der Waals surface area contributed by atoms with Crippen LogP contribution in [0.25, 0.3) is 32.9 Å². The summed E-state index contributed by atoms with van der Waals surface area (Å²) >= 11 is 0. The highest BCUT2D eigenvalue weighted by Crippen LogP contribution is 2.41. The minimum absolute atomic E-state index is 0.130. The molecule has 0 aliphatic heterocycles. The highest BCUT2D eigenvalue weighted by Gasteiger charge is 2.41. The van der Waals surface area contributed by atoms with Crippen LogP contribution in [0.4, 0.5) is 8.78 Å². The highest BCUT2D eigenvalue weighted by molar-refractivity contribution is 6.90. The van der Waals surface area contributed by atoms with Crippen LogP contribution in [0, 0.1) is 23.1 Å².